The number of Topliss-reactive ketones (excluding diaryl/α,β-unsaturated/α-hetero) is 2. The van der Waals surface area contributed by atoms with Gasteiger partial charge in [0.05, 0.1) is 0 Å². The molecular formula is C26H28N2O3. The molecular weight excluding hydrogens is 388 g/mol. The minimum atomic E-state index is -0.288. The molecule has 0 bridgehead atoms. The van der Waals surface area contributed by atoms with Crippen molar-refractivity contribution in [3.63, 3.8) is 0 Å². The van der Waals surface area contributed by atoms with Gasteiger partial charge in [-0.3, -0.25) is 19.3 Å². The molecule has 31 heavy (non-hydrogen) atoms. The first kappa shape index (κ1) is 21.0. The average Bonchev–Trinajstić information content (AvgIpc) is 3.26. The molecule has 0 N–H and O–H groups in total. The van der Waals surface area contributed by atoms with E-state index in [-0.39, 0.29) is 23.2 Å². The fourth-order valence-electron chi connectivity index (χ4n) is 4.71. The van der Waals surface area contributed by atoms with Crippen LogP contribution in [-0.2, 0) is 4.79 Å². The van der Waals surface area contributed by atoms with Crippen LogP contribution in [0.4, 0.5) is 5.69 Å². The van der Waals surface area contributed by atoms with Gasteiger partial charge in [0.1, 0.15) is 11.4 Å². The highest BCUT2D eigenvalue weighted by atomic mass is 16.2. The number of benzene rings is 2. The molecule has 0 spiro atoms. The van der Waals surface area contributed by atoms with Crippen molar-refractivity contribution in [1.82, 2.24) is 4.90 Å². The van der Waals surface area contributed by atoms with Crippen molar-refractivity contribution in [3.8, 4) is 0 Å². The molecule has 0 atom stereocenters. The monoisotopic (exact) mass is 416 g/mol. The quantitative estimate of drug-likeness (QED) is 0.714. The molecule has 0 radical (unpaired) electrons. The number of anilines is 1. The predicted octanol–water partition coefficient (Wildman–Crippen LogP) is 4.86. The van der Waals surface area contributed by atoms with Crippen LogP contribution >= 0.6 is 0 Å². The molecule has 5 heteroatoms. The summed E-state index contributed by atoms with van der Waals surface area (Å²) in [5.41, 5.74) is 4.15. The van der Waals surface area contributed by atoms with E-state index in [4.69, 9.17) is 0 Å². The van der Waals surface area contributed by atoms with E-state index in [0.29, 0.717) is 41.5 Å². The van der Waals surface area contributed by atoms with E-state index in [1.807, 2.05) is 30.0 Å². The van der Waals surface area contributed by atoms with Gasteiger partial charge in [-0.15, -0.1) is 0 Å². The van der Waals surface area contributed by atoms with Gasteiger partial charge in [0, 0.05) is 36.8 Å². The first-order chi connectivity index (χ1) is 14.8. The van der Waals surface area contributed by atoms with E-state index < -0.39 is 0 Å². The lowest BCUT2D eigenvalue weighted by atomic mass is 9.88. The number of allylic oxidation sites excluding steroid dienone is 2. The fraction of sp³-hybridized carbons (Fsp3) is 0.346. The molecule has 1 amide bonds. The van der Waals surface area contributed by atoms with Crippen molar-refractivity contribution in [1.29, 1.82) is 0 Å². The van der Waals surface area contributed by atoms with Crippen LogP contribution in [0.25, 0.3) is 0 Å². The van der Waals surface area contributed by atoms with Crippen LogP contribution in [0.2, 0.25) is 0 Å². The van der Waals surface area contributed by atoms with Crippen LogP contribution in [0.15, 0.2) is 53.9 Å². The first-order valence-corrected chi connectivity index (χ1v) is 10.9. The first-order valence-electron chi connectivity index (χ1n) is 10.9. The van der Waals surface area contributed by atoms with Crippen molar-refractivity contribution in [3.05, 3.63) is 76.1 Å². The number of nitrogens with zero attached hydrogens (tertiary/aromatic N) is 2. The van der Waals surface area contributed by atoms with Gasteiger partial charge in [-0.05, 0) is 48.9 Å². The third-order valence-corrected chi connectivity index (χ3v) is 6.17. The van der Waals surface area contributed by atoms with Gasteiger partial charge in [-0.1, -0.05) is 44.2 Å². The zero-order chi connectivity index (χ0) is 22.3. The predicted molar refractivity (Wildman–Crippen MR) is 121 cm³/mol. The zero-order valence-electron chi connectivity index (χ0n) is 18.6. The van der Waals surface area contributed by atoms with Gasteiger partial charge < -0.3 is 4.90 Å². The summed E-state index contributed by atoms with van der Waals surface area (Å²) in [6, 6.07) is 12.7. The van der Waals surface area contributed by atoms with Crippen molar-refractivity contribution in [2.75, 3.05) is 18.0 Å². The Morgan fingerprint density at radius 3 is 2.13 bits per heavy atom. The Bertz CT molecular complexity index is 1110. The number of ketones is 2. The number of amides is 1. The Morgan fingerprint density at radius 1 is 0.968 bits per heavy atom. The Hall–Kier alpha value is -3.21. The highest BCUT2D eigenvalue weighted by Gasteiger charge is 2.40. The second-order valence-corrected chi connectivity index (χ2v) is 8.65. The smallest absolute Gasteiger partial charge is 0.228 e. The van der Waals surface area contributed by atoms with Gasteiger partial charge in [0.25, 0.3) is 0 Å². The lowest BCUT2D eigenvalue weighted by Crippen LogP contribution is -2.41. The highest BCUT2D eigenvalue weighted by Crippen LogP contribution is 2.35. The zero-order valence-corrected chi connectivity index (χ0v) is 18.6. The van der Waals surface area contributed by atoms with Crippen LogP contribution in [0.5, 0.6) is 0 Å². The summed E-state index contributed by atoms with van der Waals surface area (Å²) >= 11 is 0. The van der Waals surface area contributed by atoms with Crippen LogP contribution in [0.1, 0.15) is 71.4 Å². The fourth-order valence-corrected chi connectivity index (χ4v) is 4.71. The standard InChI is InChI=1S/C26H28N2O3/c1-16(2)20-12-11-19(15-17(20)3)28(18(4)29)24-23(27-13-7-8-14-27)25(30)21-9-5-6-10-22(21)26(24)31/h5-6,9-12,15-16H,7-8,13-14H2,1-4H3. The third kappa shape index (κ3) is 3.58. The van der Waals surface area contributed by atoms with Crippen LogP contribution < -0.4 is 4.90 Å². The summed E-state index contributed by atoms with van der Waals surface area (Å²) in [6.45, 7) is 9.11. The maximum atomic E-state index is 13.7. The molecule has 1 aliphatic carbocycles. The average molecular weight is 417 g/mol. The van der Waals surface area contributed by atoms with Gasteiger partial charge in [0.15, 0.2) is 0 Å². The molecule has 2 aromatic carbocycles. The molecule has 4 rings (SSSR count). The Kier molecular flexibility index (Phi) is 5.52. The summed E-state index contributed by atoms with van der Waals surface area (Å²) in [4.78, 5) is 43.5. The number of carbonyl (C=O) groups is 3. The van der Waals surface area contributed by atoms with Gasteiger partial charge in [-0.25, -0.2) is 0 Å². The second kappa shape index (κ2) is 8.14. The van der Waals surface area contributed by atoms with Gasteiger partial charge in [0.2, 0.25) is 17.5 Å². The molecule has 0 saturated carbocycles. The van der Waals surface area contributed by atoms with Crippen molar-refractivity contribution in [2.45, 2.75) is 46.5 Å². The number of hydrogen-bond donors (Lipinski definition) is 0. The number of carbonyl (C=O) groups excluding carboxylic acids is 3. The molecule has 1 saturated heterocycles. The molecule has 1 aliphatic heterocycles. The number of aryl methyl sites for hydroxylation is 1. The lowest BCUT2D eigenvalue weighted by molar-refractivity contribution is -0.116. The third-order valence-electron chi connectivity index (χ3n) is 6.17. The molecule has 2 aromatic rings. The van der Waals surface area contributed by atoms with Crippen LogP contribution in [0, 0.1) is 6.92 Å². The SMILES string of the molecule is CC(=O)N(C1=C(N2CCCC2)C(=O)c2ccccc2C1=O)c1ccc(C(C)C)c(C)c1. The molecule has 0 unspecified atom stereocenters. The largest absolute Gasteiger partial charge is 0.367 e. The minimum Gasteiger partial charge on any atom is -0.367 e. The summed E-state index contributed by atoms with van der Waals surface area (Å²) in [6.07, 6.45) is 1.92. The van der Waals surface area contributed by atoms with E-state index in [1.165, 1.54) is 17.4 Å². The van der Waals surface area contributed by atoms with E-state index >= 15 is 0 Å². The number of fused-ring (bicyclic) bond motifs is 1. The lowest BCUT2D eigenvalue weighted by Gasteiger charge is -2.33. The maximum absolute atomic E-state index is 13.7. The Labute approximate surface area is 183 Å². The van der Waals surface area contributed by atoms with Crippen molar-refractivity contribution < 1.29 is 14.4 Å². The summed E-state index contributed by atoms with van der Waals surface area (Å²) in [7, 11) is 0. The van der Waals surface area contributed by atoms with Gasteiger partial charge in [-0.2, -0.15) is 0 Å². The molecule has 160 valence electrons. The summed E-state index contributed by atoms with van der Waals surface area (Å²) < 4.78 is 0. The van der Waals surface area contributed by atoms with E-state index in [2.05, 4.69) is 13.8 Å². The van der Waals surface area contributed by atoms with Crippen molar-refractivity contribution >= 4 is 23.2 Å². The highest BCUT2D eigenvalue weighted by molar-refractivity contribution is 6.29. The van der Waals surface area contributed by atoms with E-state index in [0.717, 1.165) is 18.4 Å². The summed E-state index contributed by atoms with van der Waals surface area (Å²) in [5, 5.41) is 0. The van der Waals surface area contributed by atoms with E-state index in [1.54, 1.807) is 24.3 Å². The normalized spacial score (nSPS) is 16.2. The molecule has 5 nitrogen and oxygen atoms in total. The van der Waals surface area contributed by atoms with Crippen LogP contribution in [0.3, 0.4) is 0 Å². The Morgan fingerprint density at radius 2 is 1.58 bits per heavy atom. The van der Waals surface area contributed by atoms with E-state index in [9.17, 15) is 14.4 Å². The maximum Gasteiger partial charge on any atom is 0.228 e. The second-order valence-electron chi connectivity index (χ2n) is 8.65. The molecule has 2 aliphatic rings. The minimum absolute atomic E-state index is 0.176. The number of rotatable bonds is 4. The molecule has 0 aromatic heterocycles. The van der Waals surface area contributed by atoms with Crippen LogP contribution in [-0.4, -0.2) is 35.5 Å². The number of hydrogen-bond acceptors (Lipinski definition) is 4. The molecule has 1 heterocycles. The Balaban J connectivity index is 1.94. The molecule has 1 fully saturated rings. The summed E-state index contributed by atoms with van der Waals surface area (Å²) in [5.74, 6) is -0.403. The topological polar surface area (TPSA) is 57.7 Å². The van der Waals surface area contributed by atoms with Crippen molar-refractivity contribution in [2.24, 2.45) is 0 Å². The van der Waals surface area contributed by atoms with Gasteiger partial charge >= 0.3 is 0 Å². The number of likely N-dealkylation sites (tertiary alicyclic amines) is 1.